The zero-order chi connectivity index (χ0) is 13.0. The Morgan fingerprint density at radius 2 is 2.44 bits per heavy atom. The van der Waals surface area contributed by atoms with Crippen LogP contribution in [0, 0.1) is 12.8 Å². The number of carbonyl (C=O) groups excluding carboxylic acids is 1. The van der Waals surface area contributed by atoms with Crippen LogP contribution in [0.5, 0.6) is 0 Å². The first-order valence-electron chi connectivity index (χ1n) is 6.51. The molecule has 1 saturated heterocycles. The van der Waals surface area contributed by atoms with E-state index in [0.717, 1.165) is 24.3 Å². The lowest BCUT2D eigenvalue weighted by Gasteiger charge is -2.07. The fourth-order valence-electron chi connectivity index (χ4n) is 2.10. The van der Waals surface area contributed by atoms with Crippen LogP contribution in [0.15, 0.2) is 0 Å². The monoisotopic (exact) mass is 268 g/mol. The smallest absolute Gasteiger partial charge is 0.225 e. The molecule has 1 amide bonds. The SMILES string of the molecule is CCc1nc(CCNC(=O)[C@H]2CCOC2)sc1C. The Morgan fingerprint density at radius 3 is 3.06 bits per heavy atom. The summed E-state index contributed by atoms with van der Waals surface area (Å²) >= 11 is 1.74. The van der Waals surface area contributed by atoms with Crippen molar-refractivity contribution in [2.45, 2.75) is 33.1 Å². The number of thiazole rings is 1. The van der Waals surface area contributed by atoms with Crippen molar-refractivity contribution in [3.8, 4) is 0 Å². The van der Waals surface area contributed by atoms with E-state index in [1.807, 2.05) is 0 Å². The van der Waals surface area contributed by atoms with Gasteiger partial charge in [0.05, 0.1) is 23.2 Å². The highest BCUT2D eigenvalue weighted by molar-refractivity contribution is 7.11. The number of rotatable bonds is 5. The molecule has 0 saturated carbocycles. The molecule has 2 heterocycles. The first-order valence-corrected chi connectivity index (χ1v) is 7.33. The molecule has 1 atom stereocenters. The second kappa shape index (κ2) is 6.29. The first kappa shape index (κ1) is 13.5. The number of hydrogen-bond acceptors (Lipinski definition) is 4. The van der Waals surface area contributed by atoms with E-state index < -0.39 is 0 Å². The molecule has 0 aliphatic carbocycles. The molecule has 1 aliphatic rings. The number of amides is 1. The predicted octanol–water partition coefficient (Wildman–Crippen LogP) is 1.71. The molecule has 0 spiro atoms. The number of hydrogen-bond donors (Lipinski definition) is 1. The topological polar surface area (TPSA) is 51.2 Å². The zero-order valence-electron chi connectivity index (χ0n) is 11.0. The van der Waals surface area contributed by atoms with Gasteiger partial charge in [0.2, 0.25) is 5.91 Å². The summed E-state index contributed by atoms with van der Waals surface area (Å²) in [4.78, 5) is 17.6. The van der Waals surface area contributed by atoms with Gasteiger partial charge in [0, 0.05) is 24.4 Å². The van der Waals surface area contributed by atoms with Gasteiger partial charge in [-0.2, -0.15) is 0 Å². The van der Waals surface area contributed by atoms with Crippen LogP contribution in [0.2, 0.25) is 0 Å². The van der Waals surface area contributed by atoms with Gasteiger partial charge in [-0.05, 0) is 19.8 Å². The minimum atomic E-state index is 0.0502. The highest BCUT2D eigenvalue weighted by Gasteiger charge is 2.22. The van der Waals surface area contributed by atoms with Crippen molar-refractivity contribution in [3.05, 3.63) is 15.6 Å². The lowest BCUT2D eigenvalue weighted by Crippen LogP contribution is -2.32. The van der Waals surface area contributed by atoms with Gasteiger partial charge in [-0.1, -0.05) is 6.92 Å². The third-order valence-electron chi connectivity index (χ3n) is 3.21. The van der Waals surface area contributed by atoms with Gasteiger partial charge in [-0.15, -0.1) is 11.3 Å². The van der Waals surface area contributed by atoms with E-state index in [2.05, 4.69) is 24.1 Å². The Morgan fingerprint density at radius 1 is 1.61 bits per heavy atom. The minimum absolute atomic E-state index is 0.0502. The third kappa shape index (κ3) is 3.29. The lowest BCUT2D eigenvalue weighted by molar-refractivity contribution is -0.124. The summed E-state index contributed by atoms with van der Waals surface area (Å²) in [5.41, 5.74) is 1.19. The number of carbonyl (C=O) groups is 1. The van der Waals surface area contributed by atoms with E-state index in [1.54, 1.807) is 11.3 Å². The number of aryl methyl sites for hydroxylation is 2. The van der Waals surface area contributed by atoms with Gasteiger partial charge in [-0.25, -0.2) is 4.98 Å². The van der Waals surface area contributed by atoms with Crippen LogP contribution in [-0.2, 0) is 22.4 Å². The van der Waals surface area contributed by atoms with Crippen molar-refractivity contribution in [2.24, 2.45) is 5.92 Å². The summed E-state index contributed by atoms with van der Waals surface area (Å²) in [6.45, 7) is 6.18. The summed E-state index contributed by atoms with van der Waals surface area (Å²) in [5.74, 6) is 0.172. The van der Waals surface area contributed by atoms with Crippen LogP contribution in [-0.4, -0.2) is 30.6 Å². The molecular weight excluding hydrogens is 248 g/mol. The highest BCUT2D eigenvalue weighted by Crippen LogP contribution is 2.18. The van der Waals surface area contributed by atoms with Gasteiger partial charge < -0.3 is 10.1 Å². The van der Waals surface area contributed by atoms with E-state index in [9.17, 15) is 4.79 Å². The van der Waals surface area contributed by atoms with Gasteiger partial charge in [0.25, 0.3) is 0 Å². The van der Waals surface area contributed by atoms with Gasteiger partial charge in [0.1, 0.15) is 0 Å². The molecular formula is C13H20N2O2S. The Balaban J connectivity index is 1.75. The number of aromatic nitrogens is 1. The number of ether oxygens (including phenoxy) is 1. The highest BCUT2D eigenvalue weighted by atomic mass is 32.1. The van der Waals surface area contributed by atoms with Crippen LogP contribution in [0.4, 0.5) is 0 Å². The molecule has 0 radical (unpaired) electrons. The normalized spacial score (nSPS) is 19.1. The van der Waals surface area contributed by atoms with Crippen molar-refractivity contribution < 1.29 is 9.53 Å². The largest absolute Gasteiger partial charge is 0.381 e. The van der Waals surface area contributed by atoms with Crippen LogP contribution in [0.25, 0.3) is 0 Å². The summed E-state index contributed by atoms with van der Waals surface area (Å²) < 4.78 is 5.21. The third-order valence-corrected chi connectivity index (χ3v) is 4.28. The lowest BCUT2D eigenvalue weighted by atomic mass is 10.1. The maximum Gasteiger partial charge on any atom is 0.225 e. The molecule has 5 heteroatoms. The zero-order valence-corrected chi connectivity index (χ0v) is 11.8. The molecule has 1 aromatic rings. The van der Waals surface area contributed by atoms with Crippen molar-refractivity contribution in [2.75, 3.05) is 19.8 Å². The predicted molar refractivity (Wildman–Crippen MR) is 71.9 cm³/mol. The molecule has 1 fully saturated rings. The van der Waals surface area contributed by atoms with E-state index in [4.69, 9.17) is 4.74 Å². The summed E-state index contributed by atoms with van der Waals surface area (Å²) in [6.07, 6.45) is 2.65. The molecule has 18 heavy (non-hydrogen) atoms. The van der Waals surface area contributed by atoms with E-state index in [1.165, 1.54) is 10.6 Å². The van der Waals surface area contributed by atoms with E-state index >= 15 is 0 Å². The molecule has 1 aliphatic heterocycles. The Hall–Kier alpha value is -0.940. The second-order valence-corrected chi connectivity index (χ2v) is 5.85. The van der Waals surface area contributed by atoms with Crippen molar-refractivity contribution in [3.63, 3.8) is 0 Å². The molecule has 2 rings (SSSR count). The van der Waals surface area contributed by atoms with Gasteiger partial charge in [0.15, 0.2) is 0 Å². The Labute approximate surface area is 112 Å². The fourth-order valence-corrected chi connectivity index (χ4v) is 3.12. The summed E-state index contributed by atoms with van der Waals surface area (Å²) in [7, 11) is 0. The van der Waals surface area contributed by atoms with Crippen LogP contribution in [0.1, 0.15) is 28.9 Å². The molecule has 100 valence electrons. The van der Waals surface area contributed by atoms with Crippen molar-refractivity contribution in [1.29, 1.82) is 0 Å². The fraction of sp³-hybridized carbons (Fsp3) is 0.692. The van der Waals surface area contributed by atoms with E-state index in [-0.39, 0.29) is 11.8 Å². The van der Waals surface area contributed by atoms with Gasteiger partial charge >= 0.3 is 0 Å². The van der Waals surface area contributed by atoms with Crippen LogP contribution in [0.3, 0.4) is 0 Å². The molecule has 1 aromatic heterocycles. The van der Waals surface area contributed by atoms with Crippen LogP contribution < -0.4 is 5.32 Å². The summed E-state index contributed by atoms with van der Waals surface area (Å²) in [6, 6.07) is 0. The molecule has 4 nitrogen and oxygen atoms in total. The number of nitrogens with one attached hydrogen (secondary N) is 1. The van der Waals surface area contributed by atoms with Crippen molar-refractivity contribution in [1.82, 2.24) is 10.3 Å². The number of nitrogens with zero attached hydrogens (tertiary/aromatic N) is 1. The maximum atomic E-state index is 11.8. The van der Waals surface area contributed by atoms with Crippen LogP contribution >= 0.6 is 11.3 Å². The molecule has 1 N–H and O–H groups in total. The molecule has 0 aromatic carbocycles. The molecule has 0 bridgehead atoms. The minimum Gasteiger partial charge on any atom is -0.381 e. The molecule has 0 unspecified atom stereocenters. The van der Waals surface area contributed by atoms with Crippen molar-refractivity contribution >= 4 is 17.2 Å². The Bertz CT molecular complexity index is 411. The second-order valence-electron chi connectivity index (χ2n) is 4.57. The van der Waals surface area contributed by atoms with E-state index in [0.29, 0.717) is 19.8 Å². The average Bonchev–Trinajstić information content (AvgIpc) is 2.98. The van der Waals surface area contributed by atoms with Gasteiger partial charge in [-0.3, -0.25) is 4.79 Å². The maximum absolute atomic E-state index is 11.8. The summed E-state index contributed by atoms with van der Waals surface area (Å²) in [5, 5.41) is 4.09. The average molecular weight is 268 g/mol. The standard InChI is InChI=1S/C13H20N2O2S/c1-3-11-9(2)18-12(15-11)4-6-14-13(16)10-5-7-17-8-10/h10H,3-8H2,1-2H3,(H,14,16)/t10-/m0/s1. The first-order chi connectivity index (χ1) is 8.70. The quantitative estimate of drug-likeness (QED) is 0.884. The Kier molecular flexibility index (Phi) is 4.72.